The summed E-state index contributed by atoms with van der Waals surface area (Å²) in [5, 5.41) is 0.166. The molecule has 8 heteroatoms. The van der Waals surface area contributed by atoms with Crippen molar-refractivity contribution in [3.8, 4) is 11.6 Å². The van der Waals surface area contributed by atoms with E-state index in [-0.39, 0.29) is 22.3 Å². The summed E-state index contributed by atoms with van der Waals surface area (Å²) in [7, 11) is -3.75. The Hall–Kier alpha value is -2.48. The van der Waals surface area contributed by atoms with Crippen molar-refractivity contribution in [3.05, 3.63) is 82.8 Å². The van der Waals surface area contributed by atoms with Crippen LogP contribution in [0.1, 0.15) is 11.1 Å². The summed E-state index contributed by atoms with van der Waals surface area (Å²) in [4.78, 5) is 4.12. The summed E-state index contributed by atoms with van der Waals surface area (Å²) in [5.74, 6) is 0.187. The van der Waals surface area contributed by atoms with Crippen LogP contribution in [0.5, 0.6) is 11.6 Å². The van der Waals surface area contributed by atoms with Crippen LogP contribution < -0.4 is 9.46 Å². The Labute approximate surface area is 161 Å². The molecule has 0 aliphatic heterocycles. The van der Waals surface area contributed by atoms with Crippen molar-refractivity contribution in [1.82, 2.24) is 9.71 Å². The second-order valence-electron chi connectivity index (χ2n) is 5.82. The lowest BCUT2D eigenvalue weighted by molar-refractivity contribution is 0.457. The molecule has 1 heterocycles. The van der Waals surface area contributed by atoms with Crippen LogP contribution in [-0.2, 0) is 16.6 Å². The number of hydrogen-bond acceptors (Lipinski definition) is 4. The first-order valence-electron chi connectivity index (χ1n) is 7.98. The van der Waals surface area contributed by atoms with E-state index in [9.17, 15) is 12.8 Å². The van der Waals surface area contributed by atoms with Crippen LogP contribution in [-0.4, -0.2) is 13.4 Å². The van der Waals surface area contributed by atoms with E-state index in [1.807, 2.05) is 6.92 Å². The molecule has 0 fully saturated rings. The fourth-order valence-corrected chi connectivity index (χ4v) is 3.92. The van der Waals surface area contributed by atoms with Gasteiger partial charge < -0.3 is 4.74 Å². The number of ether oxygens (including phenoxy) is 1. The third-order valence-electron chi connectivity index (χ3n) is 3.66. The molecular weight excluding hydrogens is 391 g/mol. The molecule has 0 unspecified atom stereocenters. The molecule has 0 saturated carbocycles. The van der Waals surface area contributed by atoms with Gasteiger partial charge in [0, 0.05) is 24.9 Å². The van der Waals surface area contributed by atoms with Gasteiger partial charge in [-0.2, -0.15) is 0 Å². The SMILES string of the molecule is Cc1ccc(S(=O)(=O)NCc2ccc(Oc3cccc(F)c3)nc2)c(Cl)c1. The van der Waals surface area contributed by atoms with E-state index in [4.69, 9.17) is 16.3 Å². The smallest absolute Gasteiger partial charge is 0.242 e. The quantitative estimate of drug-likeness (QED) is 0.656. The molecule has 0 spiro atoms. The van der Waals surface area contributed by atoms with E-state index < -0.39 is 15.8 Å². The first kappa shape index (κ1) is 19.3. The first-order chi connectivity index (χ1) is 12.8. The third-order valence-corrected chi connectivity index (χ3v) is 5.54. The minimum absolute atomic E-state index is 0.0220. The van der Waals surface area contributed by atoms with Crippen molar-refractivity contribution < 1.29 is 17.5 Å². The molecule has 5 nitrogen and oxygen atoms in total. The van der Waals surface area contributed by atoms with Crippen LogP contribution in [0.2, 0.25) is 5.02 Å². The van der Waals surface area contributed by atoms with Crippen molar-refractivity contribution in [2.24, 2.45) is 0 Å². The van der Waals surface area contributed by atoms with Gasteiger partial charge in [0.2, 0.25) is 15.9 Å². The van der Waals surface area contributed by atoms with Crippen LogP contribution >= 0.6 is 11.6 Å². The number of benzene rings is 2. The lowest BCUT2D eigenvalue weighted by Gasteiger charge is -2.09. The molecule has 0 bridgehead atoms. The van der Waals surface area contributed by atoms with Crippen molar-refractivity contribution in [1.29, 1.82) is 0 Å². The Bertz CT molecular complexity index is 1060. The Morgan fingerprint density at radius 3 is 2.63 bits per heavy atom. The second-order valence-corrected chi connectivity index (χ2v) is 7.97. The fraction of sp³-hybridized carbons (Fsp3) is 0.105. The summed E-state index contributed by atoms with van der Waals surface area (Å²) >= 11 is 6.03. The Kier molecular flexibility index (Phi) is 5.74. The summed E-state index contributed by atoms with van der Waals surface area (Å²) in [5.41, 5.74) is 1.51. The molecule has 27 heavy (non-hydrogen) atoms. The zero-order valence-electron chi connectivity index (χ0n) is 14.3. The first-order valence-corrected chi connectivity index (χ1v) is 9.84. The van der Waals surface area contributed by atoms with Crippen LogP contribution in [0.4, 0.5) is 4.39 Å². The molecule has 0 atom stereocenters. The molecule has 0 aliphatic rings. The van der Waals surface area contributed by atoms with Gasteiger partial charge in [0.1, 0.15) is 16.5 Å². The van der Waals surface area contributed by atoms with Crippen LogP contribution in [0.25, 0.3) is 0 Å². The van der Waals surface area contributed by atoms with E-state index in [0.717, 1.165) is 5.56 Å². The number of halogens is 2. The van der Waals surface area contributed by atoms with Crippen molar-refractivity contribution in [2.75, 3.05) is 0 Å². The van der Waals surface area contributed by atoms with Gasteiger partial charge in [-0.25, -0.2) is 22.5 Å². The van der Waals surface area contributed by atoms with E-state index >= 15 is 0 Å². The number of aryl methyl sites for hydroxylation is 1. The average Bonchev–Trinajstić information content (AvgIpc) is 2.61. The maximum atomic E-state index is 13.2. The zero-order chi connectivity index (χ0) is 19.4. The number of nitrogens with one attached hydrogen (secondary N) is 1. The van der Waals surface area contributed by atoms with Crippen molar-refractivity contribution in [2.45, 2.75) is 18.4 Å². The van der Waals surface area contributed by atoms with Gasteiger partial charge in [0.05, 0.1) is 5.02 Å². The van der Waals surface area contributed by atoms with Crippen molar-refractivity contribution in [3.63, 3.8) is 0 Å². The van der Waals surface area contributed by atoms with E-state index in [1.165, 1.54) is 30.5 Å². The maximum Gasteiger partial charge on any atom is 0.242 e. The highest BCUT2D eigenvalue weighted by molar-refractivity contribution is 7.89. The largest absolute Gasteiger partial charge is 0.439 e. The Morgan fingerprint density at radius 2 is 1.96 bits per heavy atom. The lowest BCUT2D eigenvalue weighted by atomic mass is 10.2. The maximum absolute atomic E-state index is 13.2. The predicted molar refractivity (Wildman–Crippen MR) is 101 cm³/mol. The third kappa shape index (κ3) is 5.03. The van der Waals surface area contributed by atoms with E-state index in [0.29, 0.717) is 11.3 Å². The van der Waals surface area contributed by atoms with Gasteiger partial charge in [-0.05, 0) is 42.3 Å². The number of aromatic nitrogens is 1. The molecule has 0 radical (unpaired) electrons. The minimum Gasteiger partial charge on any atom is -0.439 e. The van der Waals surface area contributed by atoms with E-state index in [2.05, 4.69) is 9.71 Å². The minimum atomic E-state index is -3.75. The monoisotopic (exact) mass is 406 g/mol. The molecule has 0 aliphatic carbocycles. The molecular formula is C19H16ClFN2O3S. The standard InChI is InChI=1S/C19H16ClFN2O3S/c1-13-5-7-18(17(20)9-13)27(24,25)23-12-14-6-8-19(22-11-14)26-16-4-2-3-15(21)10-16/h2-11,23H,12H2,1H3. The summed E-state index contributed by atoms with van der Waals surface area (Å²) in [6.07, 6.45) is 1.48. The summed E-state index contributed by atoms with van der Waals surface area (Å²) in [6, 6.07) is 13.7. The number of rotatable bonds is 6. The molecule has 2 aromatic carbocycles. The summed E-state index contributed by atoms with van der Waals surface area (Å²) in [6.45, 7) is 1.87. The molecule has 0 saturated heterocycles. The second kappa shape index (κ2) is 8.04. The van der Waals surface area contributed by atoms with Gasteiger partial charge in [-0.1, -0.05) is 29.8 Å². The van der Waals surface area contributed by atoms with Gasteiger partial charge >= 0.3 is 0 Å². The highest BCUT2D eigenvalue weighted by atomic mass is 35.5. The van der Waals surface area contributed by atoms with E-state index in [1.54, 1.807) is 30.3 Å². The van der Waals surface area contributed by atoms with Gasteiger partial charge in [-0.3, -0.25) is 0 Å². The Morgan fingerprint density at radius 1 is 1.15 bits per heavy atom. The Balaban J connectivity index is 1.66. The topological polar surface area (TPSA) is 68.3 Å². The number of sulfonamides is 1. The average molecular weight is 407 g/mol. The van der Waals surface area contributed by atoms with Crippen LogP contribution in [0.3, 0.4) is 0 Å². The van der Waals surface area contributed by atoms with Crippen LogP contribution in [0.15, 0.2) is 65.7 Å². The highest BCUT2D eigenvalue weighted by Gasteiger charge is 2.17. The number of hydrogen-bond donors (Lipinski definition) is 1. The molecule has 3 aromatic rings. The highest BCUT2D eigenvalue weighted by Crippen LogP contribution is 2.23. The normalized spacial score (nSPS) is 11.4. The molecule has 140 valence electrons. The number of nitrogens with zero attached hydrogens (tertiary/aromatic N) is 1. The zero-order valence-corrected chi connectivity index (χ0v) is 15.9. The fourth-order valence-electron chi connectivity index (χ4n) is 2.31. The van der Waals surface area contributed by atoms with Crippen molar-refractivity contribution >= 4 is 21.6 Å². The number of pyridine rings is 1. The molecule has 0 amide bonds. The molecule has 1 aromatic heterocycles. The van der Waals surface area contributed by atoms with Gasteiger partial charge in [-0.15, -0.1) is 0 Å². The van der Waals surface area contributed by atoms with Crippen LogP contribution in [0, 0.1) is 12.7 Å². The lowest BCUT2D eigenvalue weighted by Crippen LogP contribution is -2.23. The molecule has 1 N–H and O–H groups in total. The molecule has 3 rings (SSSR count). The predicted octanol–water partition coefficient (Wildman–Crippen LogP) is 4.45. The van der Waals surface area contributed by atoms with Gasteiger partial charge in [0.15, 0.2) is 0 Å². The van der Waals surface area contributed by atoms with Gasteiger partial charge in [0.25, 0.3) is 0 Å². The summed E-state index contributed by atoms with van der Waals surface area (Å²) < 4.78 is 45.9.